The first kappa shape index (κ1) is 14.5. The number of hydrazine groups is 1. The third-order valence-electron chi connectivity index (χ3n) is 2.29. The van der Waals surface area contributed by atoms with Gasteiger partial charge in [-0.2, -0.15) is 0 Å². The predicted octanol–water partition coefficient (Wildman–Crippen LogP) is 3.09. The molecule has 0 spiro atoms. The van der Waals surface area contributed by atoms with Crippen molar-refractivity contribution in [3.63, 3.8) is 0 Å². The zero-order chi connectivity index (χ0) is 12.5. The van der Waals surface area contributed by atoms with E-state index in [1.807, 2.05) is 23.9 Å². The van der Waals surface area contributed by atoms with E-state index in [0.717, 1.165) is 29.5 Å². The molecule has 0 atom stereocenters. The molecule has 0 fully saturated rings. The molecule has 1 amide bonds. The summed E-state index contributed by atoms with van der Waals surface area (Å²) < 4.78 is 1.11. The summed E-state index contributed by atoms with van der Waals surface area (Å²) in [5, 5.41) is 0. The van der Waals surface area contributed by atoms with Crippen LogP contribution in [0, 0.1) is 0 Å². The zero-order valence-corrected chi connectivity index (χ0v) is 12.0. The molecule has 1 aromatic rings. The Morgan fingerprint density at radius 3 is 2.59 bits per heavy atom. The second-order valence-electron chi connectivity index (χ2n) is 3.68. The molecular formula is C12H17BrN2OS. The summed E-state index contributed by atoms with van der Waals surface area (Å²) in [5.74, 6) is 6.00. The molecule has 0 aliphatic carbocycles. The molecule has 0 aliphatic rings. The minimum Gasteiger partial charge on any atom is -0.294 e. The number of amides is 1. The van der Waals surface area contributed by atoms with Gasteiger partial charge in [0.05, 0.1) is 0 Å². The maximum absolute atomic E-state index is 10.9. The normalized spacial score (nSPS) is 10.2. The van der Waals surface area contributed by atoms with Crippen molar-refractivity contribution in [3.8, 4) is 0 Å². The third kappa shape index (κ3) is 6.71. The van der Waals surface area contributed by atoms with E-state index >= 15 is 0 Å². The molecule has 17 heavy (non-hydrogen) atoms. The summed E-state index contributed by atoms with van der Waals surface area (Å²) in [4.78, 5) is 12.1. The molecule has 0 aliphatic heterocycles. The van der Waals surface area contributed by atoms with Crippen LogP contribution in [-0.2, 0) is 4.79 Å². The molecular weight excluding hydrogens is 300 g/mol. The highest BCUT2D eigenvalue weighted by atomic mass is 79.9. The van der Waals surface area contributed by atoms with Gasteiger partial charge in [0, 0.05) is 15.8 Å². The number of thioether (sulfide) groups is 1. The second-order valence-corrected chi connectivity index (χ2v) is 5.76. The Morgan fingerprint density at radius 1 is 1.24 bits per heavy atom. The second kappa shape index (κ2) is 8.55. The van der Waals surface area contributed by atoms with E-state index in [2.05, 4.69) is 33.5 Å². The fourth-order valence-corrected chi connectivity index (χ4v) is 2.53. The van der Waals surface area contributed by atoms with E-state index in [1.165, 1.54) is 4.90 Å². The first-order valence-corrected chi connectivity index (χ1v) is 7.38. The lowest BCUT2D eigenvalue weighted by atomic mass is 10.2. The maximum atomic E-state index is 10.9. The fraction of sp³-hybridized carbons (Fsp3) is 0.417. The summed E-state index contributed by atoms with van der Waals surface area (Å²) in [6.07, 6.45) is 3.62. The van der Waals surface area contributed by atoms with Crippen molar-refractivity contribution in [2.75, 3.05) is 5.75 Å². The maximum Gasteiger partial charge on any atom is 0.233 e. The van der Waals surface area contributed by atoms with Crippen LogP contribution in [0.2, 0.25) is 0 Å². The van der Waals surface area contributed by atoms with E-state index in [1.54, 1.807) is 0 Å². The molecule has 0 saturated heterocycles. The summed E-state index contributed by atoms with van der Waals surface area (Å²) in [7, 11) is 0. The molecule has 3 nitrogen and oxygen atoms in total. The highest BCUT2D eigenvalue weighted by Gasteiger charge is 1.98. The van der Waals surface area contributed by atoms with Crippen LogP contribution in [0.25, 0.3) is 0 Å². The van der Waals surface area contributed by atoms with Crippen LogP contribution in [0.1, 0.15) is 25.7 Å². The van der Waals surface area contributed by atoms with Crippen LogP contribution in [0.15, 0.2) is 33.6 Å². The molecule has 3 N–H and O–H groups in total. The number of benzene rings is 1. The van der Waals surface area contributed by atoms with Gasteiger partial charge in [0.15, 0.2) is 0 Å². The van der Waals surface area contributed by atoms with Gasteiger partial charge in [0.25, 0.3) is 0 Å². The van der Waals surface area contributed by atoms with E-state index in [-0.39, 0.29) is 5.91 Å². The number of hydrogen-bond acceptors (Lipinski definition) is 3. The standard InChI is InChI=1S/C12H17BrN2OS/c13-10-5-7-11(8-6-10)17-9-3-1-2-4-12(16)15-14/h5-8H,1-4,9,14H2,(H,15,16). The average molecular weight is 317 g/mol. The number of carbonyl (C=O) groups is 1. The Balaban J connectivity index is 2.04. The molecule has 0 radical (unpaired) electrons. The van der Waals surface area contributed by atoms with Gasteiger partial charge in [-0.25, -0.2) is 5.84 Å². The SMILES string of the molecule is NNC(=O)CCCCCSc1ccc(Br)cc1. The minimum absolute atomic E-state index is 0.0782. The van der Waals surface area contributed by atoms with E-state index in [0.29, 0.717) is 6.42 Å². The first-order valence-electron chi connectivity index (χ1n) is 5.60. The van der Waals surface area contributed by atoms with Crippen LogP contribution in [0.4, 0.5) is 0 Å². The van der Waals surface area contributed by atoms with Crippen molar-refractivity contribution in [2.45, 2.75) is 30.6 Å². The lowest BCUT2D eigenvalue weighted by Crippen LogP contribution is -2.29. The Kier molecular flexibility index (Phi) is 7.32. The lowest BCUT2D eigenvalue weighted by Gasteiger charge is -2.02. The van der Waals surface area contributed by atoms with Crippen molar-refractivity contribution in [3.05, 3.63) is 28.7 Å². The van der Waals surface area contributed by atoms with Gasteiger partial charge < -0.3 is 0 Å². The summed E-state index contributed by atoms with van der Waals surface area (Å²) in [6.45, 7) is 0. The van der Waals surface area contributed by atoms with Gasteiger partial charge in [-0.1, -0.05) is 22.4 Å². The zero-order valence-electron chi connectivity index (χ0n) is 9.62. The third-order valence-corrected chi connectivity index (χ3v) is 3.92. The largest absolute Gasteiger partial charge is 0.294 e. The first-order chi connectivity index (χ1) is 8.22. The Bertz CT molecular complexity index is 343. The van der Waals surface area contributed by atoms with Gasteiger partial charge in [0.2, 0.25) is 5.91 Å². The molecule has 0 aromatic heterocycles. The fourth-order valence-electron chi connectivity index (χ4n) is 1.36. The number of unbranched alkanes of at least 4 members (excludes halogenated alkanes) is 2. The van der Waals surface area contributed by atoms with Crippen molar-refractivity contribution in [2.24, 2.45) is 5.84 Å². The van der Waals surface area contributed by atoms with E-state index < -0.39 is 0 Å². The number of hydrogen-bond donors (Lipinski definition) is 2. The van der Waals surface area contributed by atoms with Crippen LogP contribution in [0.3, 0.4) is 0 Å². The Hall–Kier alpha value is -0.520. The molecule has 0 heterocycles. The van der Waals surface area contributed by atoms with Crippen molar-refractivity contribution < 1.29 is 4.79 Å². The quantitative estimate of drug-likeness (QED) is 0.267. The number of nitrogens with one attached hydrogen (secondary N) is 1. The number of rotatable bonds is 7. The predicted molar refractivity (Wildman–Crippen MR) is 75.7 cm³/mol. The van der Waals surface area contributed by atoms with Crippen LogP contribution < -0.4 is 11.3 Å². The van der Waals surface area contributed by atoms with Gasteiger partial charge in [-0.05, 0) is 42.9 Å². The Labute approximate surface area is 115 Å². The number of nitrogens with two attached hydrogens (primary N) is 1. The van der Waals surface area contributed by atoms with Crippen LogP contribution in [-0.4, -0.2) is 11.7 Å². The minimum atomic E-state index is -0.0782. The van der Waals surface area contributed by atoms with Gasteiger partial charge >= 0.3 is 0 Å². The topological polar surface area (TPSA) is 55.1 Å². The number of halogens is 1. The smallest absolute Gasteiger partial charge is 0.233 e. The molecule has 1 rings (SSSR count). The van der Waals surface area contributed by atoms with Crippen molar-refractivity contribution in [1.82, 2.24) is 5.43 Å². The van der Waals surface area contributed by atoms with E-state index in [4.69, 9.17) is 5.84 Å². The molecule has 94 valence electrons. The molecule has 5 heteroatoms. The average Bonchev–Trinajstić information content (AvgIpc) is 2.35. The van der Waals surface area contributed by atoms with Gasteiger partial charge in [-0.3, -0.25) is 10.2 Å². The van der Waals surface area contributed by atoms with Crippen molar-refractivity contribution in [1.29, 1.82) is 0 Å². The lowest BCUT2D eigenvalue weighted by molar-refractivity contribution is -0.121. The number of carbonyl (C=O) groups excluding carboxylic acids is 1. The molecule has 1 aromatic carbocycles. The molecule has 0 saturated carbocycles. The summed E-state index contributed by atoms with van der Waals surface area (Å²) >= 11 is 5.26. The van der Waals surface area contributed by atoms with Crippen molar-refractivity contribution >= 4 is 33.6 Å². The highest BCUT2D eigenvalue weighted by molar-refractivity contribution is 9.10. The highest BCUT2D eigenvalue weighted by Crippen LogP contribution is 2.21. The van der Waals surface area contributed by atoms with Gasteiger partial charge in [-0.15, -0.1) is 11.8 Å². The van der Waals surface area contributed by atoms with E-state index in [9.17, 15) is 4.79 Å². The van der Waals surface area contributed by atoms with Crippen LogP contribution in [0.5, 0.6) is 0 Å². The molecule has 0 unspecified atom stereocenters. The molecule has 0 bridgehead atoms. The summed E-state index contributed by atoms with van der Waals surface area (Å²) in [5.41, 5.74) is 2.14. The monoisotopic (exact) mass is 316 g/mol. The van der Waals surface area contributed by atoms with Gasteiger partial charge in [0.1, 0.15) is 0 Å². The summed E-state index contributed by atoms with van der Waals surface area (Å²) in [6, 6.07) is 8.31. The van der Waals surface area contributed by atoms with Crippen LogP contribution >= 0.6 is 27.7 Å². The Morgan fingerprint density at radius 2 is 1.94 bits per heavy atom.